The second-order valence-electron chi connectivity index (χ2n) is 7.85. The van der Waals surface area contributed by atoms with Crippen molar-refractivity contribution in [1.82, 2.24) is 19.9 Å². The zero-order valence-electron chi connectivity index (χ0n) is 20.5. The number of nitro groups is 2. The van der Waals surface area contributed by atoms with Gasteiger partial charge in [0.2, 0.25) is 0 Å². The van der Waals surface area contributed by atoms with Crippen LogP contribution in [0.5, 0.6) is 0 Å². The number of aromatic carboxylic acids is 1. The number of nitrogen functional groups attached to an aromatic ring is 1. The van der Waals surface area contributed by atoms with Crippen LogP contribution in [-0.4, -0.2) is 46.8 Å². The SMILES string of the molecule is Nc1ncc([N+](=O)[O-])s1.O=C(Nc1ncc([N+](=O)[O-])s1)c1cc2ccccc2[nH]1.O=C(O)c1cc2ccccc2[nH]1. The third-order valence-electron chi connectivity index (χ3n) is 5.12. The summed E-state index contributed by atoms with van der Waals surface area (Å²) in [5.41, 5.74) is 7.44. The minimum atomic E-state index is -0.925. The molecule has 0 saturated heterocycles. The summed E-state index contributed by atoms with van der Waals surface area (Å²) in [6, 6.07) is 18.3. The molecule has 4 heterocycles. The summed E-state index contributed by atoms with van der Waals surface area (Å²) in [5, 5.41) is 33.8. The van der Waals surface area contributed by atoms with Gasteiger partial charge in [0.1, 0.15) is 23.8 Å². The summed E-state index contributed by atoms with van der Waals surface area (Å²) in [7, 11) is 0. The van der Waals surface area contributed by atoms with Gasteiger partial charge in [0.25, 0.3) is 5.91 Å². The Morgan fingerprint density at radius 3 is 1.80 bits per heavy atom. The van der Waals surface area contributed by atoms with Crippen LogP contribution in [0.4, 0.5) is 20.3 Å². The topological polar surface area (TPSA) is 236 Å². The predicted octanol–water partition coefficient (Wildman–Crippen LogP) is 5.28. The van der Waals surface area contributed by atoms with Crippen molar-refractivity contribution in [3.63, 3.8) is 0 Å². The number of carbonyl (C=O) groups excluding carboxylic acids is 1. The average Bonchev–Trinajstić information content (AvgIpc) is 3.74. The molecule has 0 aliphatic carbocycles. The first-order valence-corrected chi connectivity index (χ1v) is 12.9. The molecule has 41 heavy (non-hydrogen) atoms. The lowest BCUT2D eigenvalue weighted by molar-refractivity contribution is -0.380. The Labute approximate surface area is 236 Å². The molecule has 0 bridgehead atoms. The van der Waals surface area contributed by atoms with Gasteiger partial charge in [-0.05, 0) is 46.9 Å². The predicted molar refractivity (Wildman–Crippen MR) is 153 cm³/mol. The highest BCUT2D eigenvalue weighted by Crippen LogP contribution is 2.26. The first-order valence-electron chi connectivity index (χ1n) is 11.3. The summed E-state index contributed by atoms with van der Waals surface area (Å²) in [4.78, 5) is 55.0. The Bertz CT molecular complexity index is 1810. The molecule has 208 valence electrons. The minimum Gasteiger partial charge on any atom is -0.477 e. The Hall–Kier alpha value is -5.68. The smallest absolute Gasteiger partial charge is 0.352 e. The van der Waals surface area contributed by atoms with Gasteiger partial charge in [0.15, 0.2) is 10.3 Å². The van der Waals surface area contributed by atoms with Crippen LogP contribution in [0.3, 0.4) is 0 Å². The van der Waals surface area contributed by atoms with Gasteiger partial charge in [-0.2, -0.15) is 0 Å². The maximum Gasteiger partial charge on any atom is 0.352 e. The molecule has 2 aromatic carbocycles. The van der Waals surface area contributed by atoms with E-state index >= 15 is 0 Å². The Morgan fingerprint density at radius 2 is 1.34 bits per heavy atom. The summed E-state index contributed by atoms with van der Waals surface area (Å²) in [6.07, 6.45) is 2.26. The molecule has 6 N–H and O–H groups in total. The number of benzene rings is 2. The quantitative estimate of drug-likeness (QED) is 0.128. The van der Waals surface area contributed by atoms with E-state index in [1.165, 1.54) is 0 Å². The van der Waals surface area contributed by atoms with Gasteiger partial charge < -0.3 is 20.8 Å². The van der Waals surface area contributed by atoms with Crippen molar-refractivity contribution in [2.24, 2.45) is 0 Å². The fraction of sp³-hybridized carbons (Fsp3) is 0. The zero-order valence-corrected chi connectivity index (χ0v) is 22.1. The van der Waals surface area contributed by atoms with E-state index in [-0.39, 0.29) is 31.9 Å². The number of carboxylic acids is 1. The lowest BCUT2D eigenvalue weighted by atomic mass is 10.2. The molecular weight excluding hydrogens is 576 g/mol. The first kappa shape index (κ1) is 28.3. The van der Waals surface area contributed by atoms with E-state index in [0.29, 0.717) is 5.69 Å². The second-order valence-corrected chi connectivity index (χ2v) is 9.90. The van der Waals surface area contributed by atoms with Crippen molar-refractivity contribution in [2.45, 2.75) is 0 Å². The van der Waals surface area contributed by atoms with Crippen molar-refractivity contribution in [3.05, 3.63) is 105 Å². The number of thiazole rings is 2. The van der Waals surface area contributed by atoms with Gasteiger partial charge in [-0.1, -0.05) is 36.4 Å². The first-order chi connectivity index (χ1) is 19.6. The van der Waals surface area contributed by atoms with E-state index in [4.69, 9.17) is 10.8 Å². The number of hydrogen-bond donors (Lipinski definition) is 5. The third kappa shape index (κ3) is 7.25. The van der Waals surface area contributed by atoms with Gasteiger partial charge in [-0.3, -0.25) is 30.3 Å². The molecule has 0 unspecified atom stereocenters. The van der Waals surface area contributed by atoms with E-state index in [0.717, 1.165) is 56.9 Å². The molecule has 17 heteroatoms. The number of H-pyrrole nitrogens is 2. The highest BCUT2D eigenvalue weighted by Gasteiger charge is 2.15. The van der Waals surface area contributed by atoms with E-state index in [1.54, 1.807) is 12.1 Å². The second kappa shape index (κ2) is 12.5. The zero-order chi connectivity index (χ0) is 29.5. The summed E-state index contributed by atoms with van der Waals surface area (Å²) in [5.74, 6) is -1.31. The van der Waals surface area contributed by atoms with E-state index in [1.807, 2.05) is 48.5 Å². The van der Waals surface area contributed by atoms with Crippen LogP contribution >= 0.6 is 22.7 Å². The maximum atomic E-state index is 12.0. The van der Waals surface area contributed by atoms with Crippen LogP contribution in [0.25, 0.3) is 21.8 Å². The van der Waals surface area contributed by atoms with Crippen molar-refractivity contribution in [2.75, 3.05) is 11.1 Å². The molecule has 15 nitrogen and oxygen atoms in total. The maximum absolute atomic E-state index is 12.0. The van der Waals surface area contributed by atoms with Crippen molar-refractivity contribution < 1.29 is 24.5 Å². The lowest BCUT2D eigenvalue weighted by Crippen LogP contribution is -2.11. The summed E-state index contributed by atoms with van der Waals surface area (Å²) >= 11 is 1.68. The Kier molecular flexibility index (Phi) is 8.60. The number of carbonyl (C=O) groups is 2. The summed E-state index contributed by atoms with van der Waals surface area (Å²) in [6.45, 7) is 0. The molecule has 0 fully saturated rings. The molecule has 6 aromatic rings. The van der Waals surface area contributed by atoms with Gasteiger partial charge in [-0.15, -0.1) is 0 Å². The van der Waals surface area contributed by atoms with Crippen LogP contribution < -0.4 is 11.1 Å². The van der Waals surface area contributed by atoms with E-state index < -0.39 is 15.8 Å². The van der Waals surface area contributed by atoms with Crippen molar-refractivity contribution >= 4 is 76.6 Å². The molecule has 0 spiro atoms. The van der Waals surface area contributed by atoms with Gasteiger partial charge in [0, 0.05) is 21.8 Å². The molecule has 0 atom stereocenters. The average molecular weight is 595 g/mol. The molecule has 4 aromatic heterocycles. The number of nitrogens with two attached hydrogens (primary N) is 1. The van der Waals surface area contributed by atoms with E-state index in [2.05, 4.69) is 25.3 Å². The molecule has 0 aliphatic heterocycles. The number of fused-ring (bicyclic) bond motifs is 2. The standard InChI is InChI=1S/C12H8N4O3S.C9H7NO2.C3H3N3O2S/c17-11(15-12-13-6-10(20-12)16(18)19)9-5-7-3-1-2-4-8(7)14-9;11-9(12)8-5-6-3-1-2-4-7(6)10-8;4-3-5-1-2(9-3)6(7)8/h1-6,14H,(H,13,15,17);1-5,10H,(H,11,12);1H,(H2,4,5). The monoisotopic (exact) mass is 594 g/mol. The third-order valence-corrected chi connectivity index (χ3v) is 6.76. The largest absolute Gasteiger partial charge is 0.477 e. The highest BCUT2D eigenvalue weighted by molar-refractivity contribution is 7.19. The molecule has 0 saturated carbocycles. The highest BCUT2D eigenvalue weighted by atomic mass is 32.1. The number of hydrogen-bond acceptors (Lipinski definition) is 11. The Balaban J connectivity index is 0.000000156. The number of carboxylic acid groups (broad SMARTS) is 1. The van der Waals surface area contributed by atoms with Crippen LogP contribution in [0.15, 0.2) is 73.1 Å². The molecule has 0 radical (unpaired) electrons. The number of aromatic nitrogens is 4. The van der Waals surface area contributed by atoms with Crippen molar-refractivity contribution in [3.8, 4) is 0 Å². The number of anilines is 2. The Morgan fingerprint density at radius 1 is 0.829 bits per heavy atom. The number of amides is 1. The van der Waals surface area contributed by atoms with Crippen LogP contribution in [-0.2, 0) is 0 Å². The fourth-order valence-corrected chi connectivity index (χ4v) is 4.45. The lowest BCUT2D eigenvalue weighted by Gasteiger charge is -1.97. The normalized spacial score (nSPS) is 10.2. The molecule has 6 rings (SSSR count). The van der Waals surface area contributed by atoms with Crippen molar-refractivity contribution in [1.29, 1.82) is 0 Å². The van der Waals surface area contributed by atoms with Crippen LogP contribution in [0.1, 0.15) is 21.0 Å². The van der Waals surface area contributed by atoms with E-state index in [9.17, 15) is 29.8 Å². The molecule has 0 aliphatic rings. The molecular formula is C24H18N8O7S2. The number of nitrogens with zero attached hydrogens (tertiary/aromatic N) is 4. The van der Waals surface area contributed by atoms with Crippen LogP contribution in [0.2, 0.25) is 0 Å². The van der Waals surface area contributed by atoms with Gasteiger partial charge in [0.05, 0.1) is 9.85 Å². The number of aromatic amines is 2. The van der Waals surface area contributed by atoms with Gasteiger partial charge >= 0.3 is 16.0 Å². The number of para-hydroxylation sites is 2. The fourth-order valence-electron chi connectivity index (χ4n) is 3.32. The minimum absolute atomic E-state index is 0.0208. The molecule has 1 amide bonds. The van der Waals surface area contributed by atoms with Gasteiger partial charge in [-0.25, -0.2) is 14.8 Å². The van der Waals surface area contributed by atoms with Crippen LogP contribution in [0, 0.1) is 20.2 Å². The number of nitrogens with one attached hydrogen (secondary N) is 3. The summed E-state index contributed by atoms with van der Waals surface area (Å²) < 4.78 is 0. The number of rotatable bonds is 5.